The van der Waals surface area contributed by atoms with E-state index in [-0.39, 0.29) is 27.3 Å². The lowest BCUT2D eigenvalue weighted by molar-refractivity contribution is -0.390. The number of aromatic amines is 1. The van der Waals surface area contributed by atoms with Crippen molar-refractivity contribution in [2.75, 3.05) is 5.32 Å². The summed E-state index contributed by atoms with van der Waals surface area (Å²) in [6, 6.07) is 8.53. The van der Waals surface area contributed by atoms with Crippen LogP contribution in [0.3, 0.4) is 0 Å². The van der Waals surface area contributed by atoms with Crippen molar-refractivity contribution in [3.05, 3.63) is 77.4 Å². The fourth-order valence-corrected chi connectivity index (χ4v) is 3.04. The molecule has 2 aromatic carbocycles. The fraction of sp³-hybridized carbons (Fsp3) is 0.0588. The molecule has 2 N–H and O–H groups in total. The number of non-ortho nitro benzene ring substituents is 1. The number of benzene rings is 2. The van der Waals surface area contributed by atoms with E-state index in [9.17, 15) is 25.0 Å². The minimum absolute atomic E-state index is 0.0347. The Morgan fingerprint density at radius 1 is 1.17 bits per heavy atom. The van der Waals surface area contributed by atoms with Gasteiger partial charge in [-0.15, -0.1) is 5.10 Å². The molecule has 30 heavy (non-hydrogen) atoms. The average molecular weight is 497 g/mol. The maximum Gasteiger partial charge on any atom is 0.357 e. The number of rotatable bonds is 6. The number of H-pyrrole nitrogens is 1. The Hall–Kier alpha value is -3.51. The number of carbonyl (C=O) groups is 1. The third kappa shape index (κ3) is 4.55. The van der Waals surface area contributed by atoms with E-state index in [1.807, 2.05) is 0 Å². The van der Waals surface area contributed by atoms with E-state index in [2.05, 4.69) is 31.4 Å². The lowest BCUT2D eigenvalue weighted by atomic mass is 10.2. The van der Waals surface area contributed by atoms with Gasteiger partial charge in [0.15, 0.2) is 5.69 Å². The highest BCUT2D eigenvalue weighted by molar-refractivity contribution is 9.10. The molecule has 13 heteroatoms. The van der Waals surface area contributed by atoms with E-state index >= 15 is 0 Å². The van der Waals surface area contributed by atoms with Crippen LogP contribution in [0, 0.1) is 27.2 Å². The van der Waals surface area contributed by atoms with E-state index in [1.165, 1.54) is 12.1 Å². The lowest BCUT2D eigenvalue weighted by Gasteiger charge is -2.10. The van der Waals surface area contributed by atoms with Crippen LogP contribution in [0.25, 0.3) is 0 Å². The lowest BCUT2D eigenvalue weighted by Crippen LogP contribution is -2.13. The minimum Gasteiger partial charge on any atom is -0.457 e. The Morgan fingerprint density at radius 3 is 2.50 bits per heavy atom. The van der Waals surface area contributed by atoms with E-state index in [1.54, 1.807) is 25.1 Å². The first-order chi connectivity index (χ1) is 14.2. The molecule has 1 aromatic heterocycles. The first-order valence-electron chi connectivity index (χ1n) is 8.09. The van der Waals surface area contributed by atoms with Crippen molar-refractivity contribution < 1.29 is 19.4 Å². The highest BCUT2D eigenvalue weighted by Gasteiger charge is 2.25. The topological polar surface area (TPSA) is 153 Å². The molecule has 0 fully saturated rings. The number of carbonyl (C=O) groups excluding carboxylic acids is 1. The summed E-state index contributed by atoms with van der Waals surface area (Å²) >= 11 is 8.91. The van der Waals surface area contributed by atoms with Crippen molar-refractivity contribution in [3.8, 4) is 11.5 Å². The minimum atomic E-state index is -0.819. The van der Waals surface area contributed by atoms with Gasteiger partial charge >= 0.3 is 5.82 Å². The second-order valence-corrected chi connectivity index (χ2v) is 7.13. The van der Waals surface area contributed by atoms with Gasteiger partial charge in [-0.25, -0.2) is 0 Å². The number of amides is 1. The largest absolute Gasteiger partial charge is 0.457 e. The number of aromatic nitrogens is 2. The summed E-state index contributed by atoms with van der Waals surface area (Å²) < 4.78 is 5.51. The molecule has 1 amide bonds. The van der Waals surface area contributed by atoms with Gasteiger partial charge in [0.1, 0.15) is 16.0 Å². The predicted octanol–water partition coefficient (Wildman–Crippen LogP) is 5.00. The van der Waals surface area contributed by atoms with Crippen LogP contribution in [0.1, 0.15) is 16.1 Å². The summed E-state index contributed by atoms with van der Waals surface area (Å²) in [4.78, 5) is 33.2. The highest BCUT2D eigenvalue weighted by Crippen LogP contribution is 2.32. The number of nitro groups is 2. The molecule has 0 bridgehead atoms. The zero-order valence-electron chi connectivity index (χ0n) is 15.0. The SMILES string of the molecule is Cc1cc(Oc2cc(NC(=O)c3n[nH]c([N+](=O)[O-])c3Br)cc([N+](=O)[O-])c2)ccc1Cl. The maximum absolute atomic E-state index is 12.4. The molecule has 0 aliphatic heterocycles. The van der Waals surface area contributed by atoms with Crippen LogP contribution in [-0.4, -0.2) is 26.0 Å². The number of nitro benzene ring substituents is 1. The van der Waals surface area contributed by atoms with Crippen molar-refractivity contribution in [1.82, 2.24) is 10.2 Å². The van der Waals surface area contributed by atoms with Gasteiger partial charge < -0.3 is 20.2 Å². The van der Waals surface area contributed by atoms with Gasteiger partial charge in [0.25, 0.3) is 11.6 Å². The number of halogens is 2. The molecule has 0 unspecified atom stereocenters. The summed E-state index contributed by atoms with van der Waals surface area (Å²) in [6.45, 7) is 1.77. The van der Waals surface area contributed by atoms with Gasteiger partial charge in [-0.1, -0.05) is 16.7 Å². The quantitative estimate of drug-likeness (QED) is 0.360. The van der Waals surface area contributed by atoms with Crippen molar-refractivity contribution >= 4 is 50.6 Å². The summed E-state index contributed by atoms with van der Waals surface area (Å²) in [7, 11) is 0. The third-order valence-corrected chi connectivity index (χ3v) is 4.99. The predicted molar refractivity (Wildman–Crippen MR) is 110 cm³/mol. The molecule has 11 nitrogen and oxygen atoms in total. The Balaban J connectivity index is 1.90. The summed E-state index contributed by atoms with van der Waals surface area (Å²) in [6.07, 6.45) is 0. The molecular weight excluding hydrogens is 486 g/mol. The van der Waals surface area contributed by atoms with E-state index in [4.69, 9.17) is 16.3 Å². The Kier molecular flexibility index (Phi) is 5.99. The molecule has 154 valence electrons. The van der Waals surface area contributed by atoms with Crippen molar-refractivity contribution in [3.63, 3.8) is 0 Å². The standard InChI is InChI=1S/C17H11BrClN5O6/c1-8-4-11(2-3-13(8)19)30-12-6-9(5-10(7-12)23(26)27)20-17(25)15-14(18)16(22-21-15)24(28)29/h2-7H,1H3,(H,20,25)(H,21,22). The number of nitrogens with zero attached hydrogens (tertiary/aromatic N) is 3. The zero-order valence-corrected chi connectivity index (χ0v) is 17.4. The summed E-state index contributed by atoms with van der Waals surface area (Å²) in [5, 5.41) is 30.8. The first kappa shape index (κ1) is 21.2. The van der Waals surface area contributed by atoms with Gasteiger partial charge in [0.2, 0.25) is 0 Å². The molecule has 3 rings (SSSR count). The molecule has 1 heterocycles. The molecule has 0 spiro atoms. The number of hydrogen-bond acceptors (Lipinski definition) is 7. The van der Waals surface area contributed by atoms with Crippen LogP contribution in [0.5, 0.6) is 11.5 Å². The molecule has 3 aromatic rings. The smallest absolute Gasteiger partial charge is 0.357 e. The molecule has 0 saturated heterocycles. The molecule has 0 radical (unpaired) electrons. The van der Waals surface area contributed by atoms with Crippen LogP contribution in [-0.2, 0) is 0 Å². The van der Waals surface area contributed by atoms with Gasteiger partial charge in [0, 0.05) is 17.2 Å². The van der Waals surface area contributed by atoms with Crippen LogP contribution in [0.4, 0.5) is 17.2 Å². The zero-order chi connectivity index (χ0) is 22.0. The van der Waals surface area contributed by atoms with Gasteiger partial charge in [-0.3, -0.25) is 14.9 Å². The monoisotopic (exact) mass is 495 g/mol. The van der Waals surface area contributed by atoms with Gasteiger partial charge in [-0.05, 0) is 51.5 Å². The Labute approximate surface area is 181 Å². The van der Waals surface area contributed by atoms with Gasteiger partial charge in [0.05, 0.1) is 16.7 Å². The fourth-order valence-electron chi connectivity index (χ4n) is 2.42. The summed E-state index contributed by atoms with van der Waals surface area (Å²) in [5.74, 6) is -0.838. The Bertz CT molecular complexity index is 1180. The normalized spacial score (nSPS) is 10.5. The number of aryl methyl sites for hydroxylation is 1. The summed E-state index contributed by atoms with van der Waals surface area (Å²) in [5.41, 5.74) is 0.162. The Morgan fingerprint density at radius 2 is 1.90 bits per heavy atom. The van der Waals surface area contributed by atoms with E-state index < -0.39 is 21.6 Å². The first-order valence-corrected chi connectivity index (χ1v) is 9.26. The number of ether oxygens (including phenoxy) is 1. The molecule has 0 atom stereocenters. The van der Waals surface area contributed by atoms with E-state index in [0.29, 0.717) is 10.8 Å². The maximum atomic E-state index is 12.4. The third-order valence-electron chi connectivity index (χ3n) is 3.81. The van der Waals surface area contributed by atoms with Crippen molar-refractivity contribution in [1.29, 1.82) is 0 Å². The van der Waals surface area contributed by atoms with Crippen LogP contribution >= 0.6 is 27.5 Å². The second-order valence-electron chi connectivity index (χ2n) is 5.93. The van der Waals surface area contributed by atoms with Crippen molar-refractivity contribution in [2.24, 2.45) is 0 Å². The number of hydrogen-bond donors (Lipinski definition) is 2. The van der Waals surface area contributed by atoms with Crippen LogP contribution < -0.4 is 10.1 Å². The molecule has 0 saturated carbocycles. The average Bonchev–Trinajstić information content (AvgIpc) is 3.06. The van der Waals surface area contributed by atoms with Crippen LogP contribution in [0.2, 0.25) is 5.02 Å². The molecular formula is C17H11BrClN5O6. The van der Waals surface area contributed by atoms with Crippen LogP contribution in [0.15, 0.2) is 40.9 Å². The van der Waals surface area contributed by atoms with Crippen molar-refractivity contribution in [2.45, 2.75) is 6.92 Å². The molecule has 0 aliphatic rings. The number of anilines is 1. The molecule has 0 aliphatic carbocycles. The van der Waals surface area contributed by atoms with E-state index in [0.717, 1.165) is 11.6 Å². The van der Waals surface area contributed by atoms with Gasteiger partial charge in [-0.2, -0.15) is 0 Å². The second kappa shape index (κ2) is 8.47. The number of nitrogens with one attached hydrogen (secondary N) is 2. The highest BCUT2D eigenvalue weighted by atomic mass is 79.9.